The van der Waals surface area contributed by atoms with Crippen molar-refractivity contribution in [2.24, 2.45) is 0 Å². The van der Waals surface area contributed by atoms with Crippen LogP contribution in [0.1, 0.15) is 32.5 Å². The first-order valence-electron chi connectivity index (χ1n) is 8.14. The number of nitro groups is 1. The molecular formula is C17H15N5O5S. The van der Waals surface area contributed by atoms with Crippen molar-refractivity contribution in [1.29, 1.82) is 0 Å². The number of thiophene rings is 1. The van der Waals surface area contributed by atoms with Crippen LogP contribution >= 0.6 is 11.3 Å². The van der Waals surface area contributed by atoms with Crippen LogP contribution in [0, 0.1) is 17.0 Å². The lowest BCUT2D eigenvalue weighted by molar-refractivity contribution is -0.384. The second-order valence-electron chi connectivity index (χ2n) is 5.56. The Balaban J connectivity index is 1.81. The molecule has 3 aromatic rings. The van der Waals surface area contributed by atoms with Gasteiger partial charge in [0.15, 0.2) is 5.82 Å². The molecule has 2 aromatic heterocycles. The standard InChI is InChI=1S/C17H15N5O5S/c1-3-27-17(24)13-9(2)12-14(18-8-19-16(12)28-13)20-21-15(23)10-4-6-11(7-5-10)22(25)26/h4-8H,3H2,1-2H3,(H,21,23)(H,18,19,20). The minimum absolute atomic E-state index is 0.109. The van der Waals surface area contributed by atoms with E-state index < -0.39 is 16.8 Å². The maximum Gasteiger partial charge on any atom is 0.348 e. The van der Waals surface area contributed by atoms with Gasteiger partial charge >= 0.3 is 5.97 Å². The molecule has 10 nitrogen and oxygen atoms in total. The van der Waals surface area contributed by atoms with Gasteiger partial charge in [-0.05, 0) is 31.5 Å². The molecule has 0 radical (unpaired) electrons. The number of nitrogens with zero attached hydrogens (tertiary/aromatic N) is 3. The number of amides is 1. The summed E-state index contributed by atoms with van der Waals surface area (Å²) in [5.41, 5.74) is 5.97. The molecule has 0 saturated carbocycles. The molecule has 28 heavy (non-hydrogen) atoms. The lowest BCUT2D eigenvalue weighted by atomic mass is 10.2. The third-order valence-corrected chi connectivity index (χ3v) is 5.00. The maximum atomic E-state index is 12.3. The van der Waals surface area contributed by atoms with Gasteiger partial charge in [-0.1, -0.05) is 0 Å². The summed E-state index contributed by atoms with van der Waals surface area (Å²) in [6.45, 7) is 3.73. The van der Waals surface area contributed by atoms with E-state index in [-0.39, 0.29) is 17.9 Å². The molecule has 144 valence electrons. The summed E-state index contributed by atoms with van der Waals surface area (Å²) in [5, 5.41) is 11.3. The zero-order chi connectivity index (χ0) is 20.3. The summed E-state index contributed by atoms with van der Waals surface area (Å²) in [6, 6.07) is 5.18. The molecule has 2 heterocycles. The van der Waals surface area contributed by atoms with Crippen LogP contribution in [0.5, 0.6) is 0 Å². The first-order valence-corrected chi connectivity index (χ1v) is 8.96. The van der Waals surface area contributed by atoms with E-state index in [0.29, 0.717) is 26.5 Å². The number of aromatic nitrogens is 2. The zero-order valence-corrected chi connectivity index (χ0v) is 15.7. The van der Waals surface area contributed by atoms with Crippen LogP contribution < -0.4 is 10.9 Å². The monoisotopic (exact) mass is 401 g/mol. The number of hydrazine groups is 1. The van der Waals surface area contributed by atoms with Crippen molar-refractivity contribution < 1.29 is 19.2 Å². The summed E-state index contributed by atoms with van der Waals surface area (Å²) in [4.78, 5) is 43.7. The summed E-state index contributed by atoms with van der Waals surface area (Å²) in [5.74, 6) is -0.617. The lowest BCUT2D eigenvalue weighted by Gasteiger charge is -2.09. The Morgan fingerprint density at radius 3 is 2.61 bits per heavy atom. The largest absolute Gasteiger partial charge is 0.462 e. The number of aryl methyl sites for hydroxylation is 1. The highest BCUT2D eigenvalue weighted by molar-refractivity contribution is 7.20. The van der Waals surface area contributed by atoms with Gasteiger partial charge in [-0.15, -0.1) is 11.3 Å². The van der Waals surface area contributed by atoms with Crippen LogP contribution in [-0.4, -0.2) is 33.4 Å². The molecule has 0 fully saturated rings. The van der Waals surface area contributed by atoms with Crippen molar-refractivity contribution in [3.63, 3.8) is 0 Å². The quantitative estimate of drug-likeness (QED) is 0.365. The SMILES string of the molecule is CCOC(=O)c1sc2ncnc(NNC(=O)c3ccc([N+](=O)[O-])cc3)c2c1C. The van der Waals surface area contributed by atoms with Gasteiger partial charge in [0.2, 0.25) is 0 Å². The molecule has 0 bridgehead atoms. The Hall–Kier alpha value is -3.60. The van der Waals surface area contributed by atoms with Crippen molar-refractivity contribution in [3.05, 3.63) is 56.7 Å². The van der Waals surface area contributed by atoms with E-state index in [1.807, 2.05) is 0 Å². The van der Waals surface area contributed by atoms with Gasteiger partial charge in [-0.25, -0.2) is 14.8 Å². The fourth-order valence-corrected chi connectivity index (χ4v) is 3.52. The number of carbonyl (C=O) groups excluding carboxylic acids is 2. The summed E-state index contributed by atoms with van der Waals surface area (Å²) < 4.78 is 5.05. The van der Waals surface area contributed by atoms with Gasteiger partial charge in [0.25, 0.3) is 11.6 Å². The van der Waals surface area contributed by atoms with Crippen LogP contribution in [0.15, 0.2) is 30.6 Å². The third kappa shape index (κ3) is 3.74. The van der Waals surface area contributed by atoms with Crippen LogP contribution in [0.4, 0.5) is 11.5 Å². The Kier molecular flexibility index (Phi) is 5.45. The molecule has 0 saturated heterocycles. The fraction of sp³-hybridized carbons (Fsp3) is 0.176. The molecule has 2 N–H and O–H groups in total. The first kappa shape index (κ1) is 19.2. The van der Waals surface area contributed by atoms with Gasteiger partial charge in [0.1, 0.15) is 16.0 Å². The van der Waals surface area contributed by atoms with Gasteiger partial charge in [-0.2, -0.15) is 0 Å². The third-order valence-electron chi connectivity index (χ3n) is 3.82. The van der Waals surface area contributed by atoms with Crippen LogP contribution in [0.3, 0.4) is 0 Å². The van der Waals surface area contributed by atoms with E-state index in [4.69, 9.17) is 4.74 Å². The highest BCUT2D eigenvalue weighted by atomic mass is 32.1. The van der Waals surface area contributed by atoms with E-state index in [0.717, 1.165) is 0 Å². The normalized spacial score (nSPS) is 10.5. The molecule has 0 aliphatic heterocycles. The predicted molar refractivity (Wildman–Crippen MR) is 102 cm³/mol. The zero-order valence-electron chi connectivity index (χ0n) is 14.9. The molecule has 0 atom stereocenters. The average molecular weight is 401 g/mol. The summed E-state index contributed by atoms with van der Waals surface area (Å²) in [7, 11) is 0. The number of esters is 1. The van der Waals surface area contributed by atoms with E-state index in [1.54, 1.807) is 13.8 Å². The van der Waals surface area contributed by atoms with Crippen LogP contribution in [0.2, 0.25) is 0 Å². The number of benzene rings is 1. The van der Waals surface area contributed by atoms with Crippen molar-refractivity contribution in [3.8, 4) is 0 Å². The number of rotatable bonds is 6. The number of hydrogen-bond acceptors (Lipinski definition) is 9. The first-order chi connectivity index (χ1) is 13.4. The van der Waals surface area contributed by atoms with Gasteiger partial charge in [0.05, 0.1) is 16.9 Å². The maximum absolute atomic E-state index is 12.3. The predicted octanol–water partition coefficient (Wildman–Crippen LogP) is 2.84. The number of nitro benzene ring substituents is 1. The summed E-state index contributed by atoms with van der Waals surface area (Å²) in [6.07, 6.45) is 1.31. The van der Waals surface area contributed by atoms with E-state index >= 15 is 0 Å². The van der Waals surface area contributed by atoms with Gasteiger partial charge in [0, 0.05) is 17.7 Å². The minimum Gasteiger partial charge on any atom is -0.462 e. The second kappa shape index (κ2) is 7.96. The number of anilines is 1. The molecule has 1 aromatic carbocycles. The highest BCUT2D eigenvalue weighted by Gasteiger charge is 2.20. The topological polar surface area (TPSA) is 136 Å². The van der Waals surface area contributed by atoms with Crippen LogP contribution in [0.25, 0.3) is 10.2 Å². The molecule has 11 heteroatoms. The molecule has 0 spiro atoms. The van der Waals surface area contributed by atoms with Crippen LogP contribution in [-0.2, 0) is 4.74 Å². The number of carbonyl (C=O) groups is 2. The Labute approximate surface area is 162 Å². The second-order valence-corrected chi connectivity index (χ2v) is 6.56. The fourth-order valence-electron chi connectivity index (χ4n) is 2.48. The number of ether oxygens (including phenoxy) is 1. The van der Waals surface area contributed by atoms with Crippen molar-refractivity contribution >= 4 is 44.9 Å². The lowest BCUT2D eigenvalue weighted by Crippen LogP contribution is -2.29. The average Bonchev–Trinajstić information content (AvgIpc) is 3.04. The Morgan fingerprint density at radius 1 is 1.25 bits per heavy atom. The van der Waals surface area contributed by atoms with Gasteiger partial charge in [-0.3, -0.25) is 25.8 Å². The van der Waals surface area contributed by atoms with Crippen molar-refractivity contribution in [2.45, 2.75) is 13.8 Å². The number of non-ortho nitro benzene ring substituents is 1. The molecule has 3 rings (SSSR count). The molecule has 0 aliphatic rings. The number of nitrogens with one attached hydrogen (secondary N) is 2. The van der Waals surface area contributed by atoms with Gasteiger partial charge < -0.3 is 4.74 Å². The van der Waals surface area contributed by atoms with Crippen molar-refractivity contribution in [1.82, 2.24) is 15.4 Å². The van der Waals surface area contributed by atoms with E-state index in [9.17, 15) is 19.7 Å². The molecule has 1 amide bonds. The number of fused-ring (bicyclic) bond motifs is 1. The number of hydrogen-bond donors (Lipinski definition) is 2. The van der Waals surface area contributed by atoms with Crippen molar-refractivity contribution in [2.75, 3.05) is 12.0 Å². The smallest absolute Gasteiger partial charge is 0.348 e. The Morgan fingerprint density at radius 2 is 1.96 bits per heavy atom. The van der Waals surface area contributed by atoms with E-state index in [1.165, 1.54) is 41.9 Å². The minimum atomic E-state index is -0.544. The molecular weight excluding hydrogens is 386 g/mol. The Bertz CT molecular complexity index is 1060. The molecule has 0 unspecified atom stereocenters. The van der Waals surface area contributed by atoms with E-state index in [2.05, 4.69) is 20.8 Å². The highest BCUT2D eigenvalue weighted by Crippen LogP contribution is 2.33. The molecule has 0 aliphatic carbocycles. The summed E-state index contributed by atoms with van der Waals surface area (Å²) >= 11 is 1.18.